The number of aliphatic hydroxyl groups excluding tert-OH is 1. The molecule has 1 atom stereocenters. The third kappa shape index (κ3) is 3.66. The molecule has 0 saturated carbocycles. The minimum atomic E-state index is -0.388. The van der Waals surface area contributed by atoms with Crippen LogP contribution in [0.2, 0.25) is 0 Å². The summed E-state index contributed by atoms with van der Waals surface area (Å²) in [5.74, 6) is 2.05. The van der Waals surface area contributed by atoms with Crippen molar-refractivity contribution in [2.75, 3.05) is 19.0 Å². The highest BCUT2D eigenvalue weighted by molar-refractivity contribution is 5.38. The highest BCUT2D eigenvalue weighted by Crippen LogP contribution is 2.13. The van der Waals surface area contributed by atoms with E-state index in [1.54, 1.807) is 20.1 Å². The van der Waals surface area contributed by atoms with E-state index in [1.807, 2.05) is 13.8 Å². The Morgan fingerprint density at radius 1 is 1.44 bits per heavy atom. The van der Waals surface area contributed by atoms with Gasteiger partial charge in [-0.2, -0.15) is 4.98 Å². The van der Waals surface area contributed by atoms with Gasteiger partial charge in [0, 0.05) is 12.6 Å². The maximum absolute atomic E-state index is 9.65. The summed E-state index contributed by atoms with van der Waals surface area (Å²) in [6, 6.07) is 1.71. The predicted molar refractivity (Wildman–Crippen MR) is 62.7 cm³/mol. The highest BCUT2D eigenvalue weighted by Gasteiger charge is 2.09. The molecular formula is C11H19N3O2. The van der Waals surface area contributed by atoms with Crippen LogP contribution < -0.4 is 10.1 Å². The molecule has 1 rings (SSSR count). The molecule has 0 radical (unpaired) electrons. The molecule has 0 spiro atoms. The molecule has 0 aliphatic rings. The Kier molecular flexibility index (Phi) is 4.49. The standard InChI is InChI=1S/C11H19N3O2/c1-7(2)9(15)6-12-10-5-11(16-4)14-8(3)13-10/h5,7,9,15H,6H2,1-4H3,(H,12,13,14). The Hall–Kier alpha value is -1.36. The number of aromatic nitrogens is 2. The van der Waals surface area contributed by atoms with Crippen LogP contribution in [0.5, 0.6) is 5.88 Å². The van der Waals surface area contributed by atoms with Crippen molar-refractivity contribution in [1.29, 1.82) is 0 Å². The molecule has 90 valence electrons. The van der Waals surface area contributed by atoms with Gasteiger partial charge in [-0.05, 0) is 12.8 Å². The second-order valence-electron chi connectivity index (χ2n) is 4.04. The minimum Gasteiger partial charge on any atom is -0.481 e. The van der Waals surface area contributed by atoms with Gasteiger partial charge in [-0.3, -0.25) is 0 Å². The smallest absolute Gasteiger partial charge is 0.218 e. The second kappa shape index (κ2) is 5.65. The number of ether oxygens (including phenoxy) is 1. The summed E-state index contributed by atoms with van der Waals surface area (Å²) in [4.78, 5) is 8.28. The van der Waals surface area contributed by atoms with Crippen LogP contribution in [-0.2, 0) is 0 Å². The first kappa shape index (κ1) is 12.7. The van der Waals surface area contributed by atoms with E-state index < -0.39 is 0 Å². The van der Waals surface area contributed by atoms with Crippen molar-refractivity contribution >= 4 is 5.82 Å². The van der Waals surface area contributed by atoms with Gasteiger partial charge < -0.3 is 15.2 Å². The van der Waals surface area contributed by atoms with Crippen molar-refractivity contribution in [2.24, 2.45) is 5.92 Å². The molecule has 2 N–H and O–H groups in total. The molecule has 16 heavy (non-hydrogen) atoms. The monoisotopic (exact) mass is 225 g/mol. The largest absolute Gasteiger partial charge is 0.481 e. The first-order chi connectivity index (χ1) is 7.52. The summed E-state index contributed by atoms with van der Waals surface area (Å²) < 4.78 is 5.04. The maximum Gasteiger partial charge on any atom is 0.218 e. The summed E-state index contributed by atoms with van der Waals surface area (Å²) in [5, 5.41) is 12.7. The third-order valence-corrected chi connectivity index (χ3v) is 2.29. The van der Waals surface area contributed by atoms with Gasteiger partial charge in [-0.1, -0.05) is 13.8 Å². The van der Waals surface area contributed by atoms with Crippen LogP contribution in [-0.4, -0.2) is 34.8 Å². The lowest BCUT2D eigenvalue weighted by Gasteiger charge is -2.15. The van der Waals surface area contributed by atoms with Crippen molar-refractivity contribution < 1.29 is 9.84 Å². The first-order valence-corrected chi connectivity index (χ1v) is 5.34. The molecular weight excluding hydrogens is 206 g/mol. The van der Waals surface area contributed by atoms with Crippen LogP contribution in [0, 0.1) is 12.8 Å². The molecule has 1 unspecified atom stereocenters. The fourth-order valence-corrected chi connectivity index (χ4v) is 1.18. The van der Waals surface area contributed by atoms with E-state index in [-0.39, 0.29) is 12.0 Å². The molecule has 0 bridgehead atoms. The SMILES string of the molecule is COc1cc(NCC(O)C(C)C)nc(C)n1. The van der Waals surface area contributed by atoms with Crippen LogP contribution in [0.25, 0.3) is 0 Å². The number of nitrogens with one attached hydrogen (secondary N) is 1. The number of aryl methyl sites for hydroxylation is 1. The molecule has 1 heterocycles. The molecule has 0 amide bonds. The first-order valence-electron chi connectivity index (χ1n) is 5.34. The molecule has 0 aliphatic heterocycles. The van der Waals surface area contributed by atoms with Crippen molar-refractivity contribution in [3.63, 3.8) is 0 Å². The maximum atomic E-state index is 9.65. The number of hydrogen-bond donors (Lipinski definition) is 2. The van der Waals surface area contributed by atoms with Gasteiger partial charge in [0.05, 0.1) is 13.2 Å². The molecule has 1 aromatic heterocycles. The van der Waals surface area contributed by atoms with Crippen molar-refractivity contribution in [3.05, 3.63) is 11.9 Å². The van der Waals surface area contributed by atoms with Gasteiger partial charge in [0.2, 0.25) is 5.88 Å². The lowest BCUT2D eigenvalue weighted by Crippen LogP contribution is -2.25. The van der Waals surface area contributed by atoms with Gasteiger partial charge in [0.25, 0.3) is 0 Å². The van der Waals surface area contributed by atoms with E-state index in [0.29, 0.717) is 24.1 Å². The van der Waals surface area contributed by atoms with Gasteiger partial charge in [0.15, 0.2) is 0 Å². The average molecular weight is 225 g/mol. The predicted octanol–water partition coefficient (Wildman–Crippen LogP) is 1.22. The molecule has 0 fully saturated rings. The Balaban J connectivity index is 2.63. The quantitative estimate of drug-likeness (QED) is 0.788. The fourth-order valence-electron chi connectivity index (χ4n) is 1.18. The Morgan fingerprint density at radius 3 is 2.69 bits per heavy atom. The zero-order valence-electron chi connectivity index (χ0n) is 10.2. The second-order valence-corrected chi connectivity index (χ2v) is 4.04. The Morgan fingerprint density at radius 2 is 2.12 bits per heavy atom. The van der Waals surface area contributed by atoms with Crippen LogP contribution >= 0.6 is 0 Å². The van der Waals surface area contributed by atoms with Crippen LogP contribution in [0.15, 0.2) is 6.07 Å². The van der Waals surface area contributed by atoms with Crippen molar-refractivity contribution in [1.82, 2.24) is 9.97 Å². The fraction of sp³-hybridized carbons (Fsp3) is 0.636. The lowest BCUT2D eigenvalue weighted by atomic mass is 10.1. The molecule has 1 aromatic rings. The lowest BCUT2D eigenvalue weighted by molar-refractivity contribution is 0.138. The molecule has 5 nitrogen and oxygen atoms in total. The van der Waals surface area contributed by atoms with Gasteiger partial charge in [-0.25, -0.2) is 4.98 Å². The highest BCUT2D eigenvalue weighted by atomic mass is 16.5. The van der Waals surface area contributed by atoms with Gasteiger partial charge in [-0.15, -0.1) is 0 Å². The third-order valence-electron chi connectivity index (χ3n) is 2.29. The summed E-state index contributed by atoms with van der Waals surface area (Å²) in [5.41, 5.74) is 0. The number of nitrogens with zero attached hydrogens (tertiary/aromatic N) is 2. The van der Waals surface area contributed by atoms with Crippen LogP contribution in [0.3, 0.4) is 0 Å². The van der Waals surface area contributed by atoms with Gasteiger partial charge in [0.1, 0.15) is 11.6 Å². The van der Waals surface area contributed by atoms with E-state index in [9.17, 15) is 5.11 Å². The number of hydrogen-bond acceptors (Lipinski definition) is 5. The van der Waals surface area contributed by atoms with E-state index in [4.69, 9.17) is 4.74 Å². The molecule has 0 aromatic carbocycles. The van der Waals surface area contributed by atoms with Gasteiger partial charge >= 0.3 is 0 Å². The number of aliphatic hydroxyl groups is 1. The van der Waals surface area contributed by atoms with Crippen molar-refractivity contribution in [2.45, 2.75) is 26.9 Å². The molecule has 0 aliphatic carbocycles. The zero-order chi connectivity index (χ0) is 12.1. The van der Waals surface area contributed by atoms with Crippen molar-refractivity contribution in [3.8, 4) is 5.88 Å². The van der Waals surface area contributed by atoms with Crippen LogP contribution in [0.1, 0.15) is 19.7 Å². The van der Waals surface area contributed by atoms with E-state index in [1.165, 1.54) is 0 Å². The Bertz CT molecular complexity index is 342. The Labute approximate surface area is 95.9 Å². The summed E-state index contributed by atoms with van der Waals surface area (Å²) in [6.45, 7) is 6.21. The average Bonchev–Trinajstić information content (AvgIpc) is 2.24. The zero-order valence-corrected chi connectivity index (χ0v) is 10.2. The number of anilines is 1. The number of rotatable bonds is 5. The summed E-state index contributed by atoms with van der Waals surface area (Å²) in [7, 11) is 1.56. The van der Waals surface area contributed by atoms with E-state index >= 15 is 0 Å². The topological polar surface area (TPSA) is 67.3 Å². The van der Waals surface area contributed by atoms with E-state index in [0.717, 1.165) is 0 Å². The summed E-state index contributed by atoms with van der Waals surface area (Å²) >= 11 is 0. The summed E-state index contributed by atoms with van der Waals surface area (Å²) in [6.07, 6.45) is -0.388. The molecule has 5 heteroatoms. The normalized spacial score (nSPS) is 12.6. The van der Waals surface area contributed by atoms with Crippen LogP contribution in [0.4, 0.5) is 5.82 Å². The van der Waals surface area contributed by atoms with E-state index in [2.05, 4.69) is 15.3 Å². The molecule has 0 saturated heterocycles. The number of methoxy groups -OCH3 is 1. The minimum absolute atomic E-state index is 0.220.